The summed E-state index contributed by atoms with van der Waals surface area (Å²) in [5.41, 5.74) is 0. The summed E-state index contributed by atoms with van der Waals surface area (Å²) in [6.07, 6.45) is 11.6. The summed E-state index contributed by atoms with van der Waals surface area (Å²) in [6, 6.07) is -0.165. The molecule has 3 saturated carbocycles. The first-order valence-electron chi connectivity index (χ1n) is 13.1. The van der Waals surface area contributed by atoms with Crippen molar-refractivity contribution < 1.29 is 14.3 Å². The highest BCUT2D eigenvalue weighted by Crippen LogP contribution is 2.50. The van der Waals surface area contributed by atoms with Crippen LogP contribution in [0.25, 0.3) is 0 Å². The van der Waals surface area contributed by atoms with E-state index in [0.29, 0.717) is 41.9 Å². The Balaban J connectivity index is 1.37. The maximum atomic E-state index is 13.5. The van der Waals surface area contributed by atoms with Crippen molar-refractivity contribution >= 4 is 23.6 Å². The van der Waals surface area contributed by atoms with E-state index in [9.17, 15) is 14.5 Å². The monoisotopic (exact) mass is 479 g/mol. The van der Waals surface area contributed by atoms with Crippen molar-refractivity contribution in [2.75, 3.05) is 7.11 Å². The zero-order chi connectivity index (χ0) is 23.4. The molecule has 1 aliphatic heterocycles. The normalized spacial score (nSPS) is 41.1. The van der Waals surface area contributed by atoms with Gasteiger partial charge < -0.3 is 15.4 Å². The minimum atomic E-state index is -0.190. The van der Waals surface area contributed by atoms with Crippen molar-refractivity contribution in [1.29, 1.82) is 0 Å². The van der Waals surface area contributed by atoms with Crippen LogP contribution in [0, 0.1) is 28.6 Å². The van der Waals surface area contributed by atoms with Crippen LogP contribution in [0.5, 0.6) is 0 Å². The summed E-state index contributed by atoms with van der Waals surface area (Å²) in [5, 5.41) is 10.0. The predicted molar refractivity (Wildman–Crippen MR) is 131 cm³/mol. The number of carbonyl (C=O) groups is 2. The fraction of sp³-hybridized carbons (Fsp3) is 0.920. The van der Waals surface area contributed by atoms with Crippen LogP contribution in [-0.2, 0) is 14.3 Å². The number of nitroso groups, excluding NO2 is 1. The highest BCUT2D eigenvalue weighted by atomic mass is 32.2. The van der Waals surface area contributed by atoms with E-state index in [0.717, 1.165) is 64.2 Å². The number of fused-ring (bicyclic) bond motifs is 1. The molecule has 0 aromatic rings. The Kier molecular flexibility index (Phi) is 8.71. The van der Waals surface area contributed by atoms with Gasteiger partial charge >= 0.3 is 0 Å². The number of thioether (sulfide) groups is 1. The van der Waals surface area contributed by atoms with Crippen molar-refractivity contribution in [3.63, 3.8) is 0 Å². The van der Waals surface area contributed by atoms with Crippen molar-refractivity contribution in [2.45, 2.75) is 113 Å². The van der Waals surface area contributed by atoms with Crippen LogP contribution in [0.3, 0.4) is 0 Å². The molecular formula is C25H41N3O4S. The number of nitrogens with one attached hydrogen (secondary N) is 2. The lowest BCUT2D eigenvalue weighted by molar-refractivity contribution is -0.129. The van der Waals surface area contributed by atoms with Gasteiger partial charge in [-0.15, -0.1) is 11.8 Å². The molecule has 4 rings (SSSR count). The second-order valence-electron chi connectivity index (χ2n) is 11.0. The number of hydrogen-bond acceptors (Lipinski definition) is 6. The van der Waals surface area contributed by atoms with Crippen LogP contribution >= 0.6 is 11.8 Å². The largest absolute Gasteiger partial charge is 0.381 e. The quantitative estimate of drug-likeness (QED) is 0.528. The minimum absolute atomic E-state index is 0.0211. The molecule has 0 spiro atoms. The van der Waals surface area contributed by atoms with Crippen LogP contribution in [0.15, 0.2) is 5.18 Å². The van der Waals surface area contributed by atoms with Crippen LogP contribution in [0.2, 0.25) is 0 Å². The van der Waals surface area contributed by atoms with Gasteiger partial charge in [-0.1, -0.05) is 18.5 Å². The van der Waals surface area contributed by atoms with E-state index in [2.05, 4.69) is 22.7 Å². The van der Waals surface area contributed by atoms with Gasteiger partial charge in [-0.25, -0.2) is 0 Å². The molecule has 0 radical (unpaired) electrons. The molecule has 7 nitrogen and oxygen atoms in total. The van der Waals surface area contributed by atoms with Gasteiger partial charge in [-0.3, -0.25) is 9.59 Å². The fourth-order valence-corrected chi connectivity index (χ4v) is 8.63. The molecular weight excluding hydrogens is 438 g/mol. The third-order valence-corrected chi connectivity index (χ3v) is 10.2. The van der Waals surface area contributed by atoms with Gasteiger partial charge in [0.2, 0.25) is 11.8 Å². The smallest absolute Gasteiger partial charge is 0.226 e. The molecule has 4 fully saturated rings. The molecule has 0 aromatic carbocycles. The molecule has 3 aliphatic carbocycles. The minimum Gasteiger partial charge on any atom is -0.381 e. The molecule has 0 aromatic heterocycles. The summed E-state index contributed by atoms with van der Waals surface area (Å²) in [5.74, 6) is 1.35. The Bertz CT molecular complexity index is 699. The summed E-state index contributed by atoms with van der Waals surface area (Å²) < 4.78 is 5.46. The predicted octanol–water partition coefficient (Wildman–Crippen LogP) is 4.39. The maximum absolute atomic E-state index is 13.5. The van der Waals surface area contributed by atoms with Crippen molar-refractivity contribution in [1.82, 2.24) is 10.6 Å². The van der Waals surface area contributed by atoms with Gasteiger partial charge in [0, 0.05) is 24.8 Å². The number of amides is 2. The summed E-state index contributed by atoms with van der Waals surface area (Å²) in [4.78, 5) is 37.5. The maximum Gasteiger partial charge on any atom is 0.226 e. The van der Waals surface area contributed by atoms with E-state index >= 15 is 0 Å². The van der Waals surface area contributed by atoms with Crippen molar-refractivity contribution in [2.24, 2.45) is 28.8 Å². The Morgan fingerprint density at radius 2 is 1.79 bits per heavy atom. The van der Waals surface area contributed by atoms with Crippen molar-refractivity contribution in [3.8, 4) is 0 Å². The van der Waals surface area contributed by atoms with E-state index in [1.165, 1.54) is 0 Å². The SMILES string of the molecule is COC1CCC(CC(=O)NC2SC3CC(C)CCC3C2C(=O)NC2CCCC(N=O)C2)CC1. The first kappa shape index (κ1) is 25.0. The van der Waals surface area contributed by atoms with Crippen molar-refractivity contribution in [3.05, 3.63) is 4.91 Å². The van der Waals surface area contributed by atoms with Crippen LogP contribution in [0.4, 0.5) is 0 Å². The first-order chi connectivity index (χ1) is 16.0. The first-order valence-corrected chi connectivity index (χ1v) is 14.0. The molecule has 2 N–H and O–H groups in total. The Hall–Kier alpha value is -1.15. The highest BCUT2D eigenvalue weighted by Gasteiger charge is 2.50. The third kappa shape index (κ3) is 6.30. The topological polar surface area (TPSA) is 96.9 Å². The van der Waals surface area contributed by atoms with Gasteiger partial charge in [0.1, 0.15) is 0 Å². The van der Waals surface area contributed by atoms with Crippen LogP contribution < -0.4 is 10.6 Å². The number of carbonyl (C=O) groups excluding carboxylic acids is 2. The zero-order valence-electron chi connectivity index (χ0n) is 20.2. The highest BCUT2D eigenvalue weighted by molar-refractivity contribution is 8.00. The van der Waals surface area contributed by atoms with Gasteiger partial charge in [-0.2, -0.15) is 4.91 Å². The van der Waals surface area contributed by atoms with Crippen LogP contribution in [-0.4, -0.2) is 47.7 Å². The van der Waals surface area contributed by atoms with Gasteiger partial charge in [0.15, 0.2) is 0 Å². The molecule has 33 heavy (non-hydrogen) atoms. The molecule has 7 atom stereocenters. The van der Waals surface area contributed by atoms with E-state index < -0.39 is 0 Å². The number of hydrogen-bond donors (Lipinski definition) is 2. The third-order valence-electron chi connectivity index (χ3n) is 8.56. The standard InChI is InChI=1S/C25H41N3O4S/c1-15-6-11-20-21(12-15)33-25(27-22(29)13-16-7-9-19(32-2)10-8-16)23(20)24(30)26-17-4-3-5-18(14-17)28-31/h15-21,23,25H,3-14H2,1-2H3,(H,26,30)(H,27,29). The Morgan fingerprint density at radius 1 is 1.00 bits per heavy atom. The summed E-state index contributed by atoms with van der Waals surface area (Å²) in [6.45, 7) is 2.29. The summed E-state index contributed by atoms with van der Waals surface area (Å²) >= 11 is 1.81. The van der Waals surface area contributed by atoms with E-state index in [1.807, 2.05) is 11.8 Å². The van der Waals surface area contributed by atoms with Gasteiger partial charge in [0.25, 0.3) is 0 Å². The van der Waals surface area contributed by atoms with E-state index in [4.69, 9.17) is 4.74 Å². The second-order valence-corrected chi connectivity index (χ2v) is 12.4. The number of nitrogens with zero attached hydrogens (tertiary/aromatic N) is 1. The van der Waals surface area contributed by atoms with Gasteiger partial charge in [-0.05, 0) is 82.0 Å². The van der Waals surface area contributed by atoms with E-state index in [-0.39, 0.29) is 35.2 Å². The van der Waals surface area contributed by atoms with E-state index in [1.54, 1.807) is 7.11 Å². The molecule has 0 bridgehead atoms. The lowest BCUT2D eigenvalue weighted by atomic mass is 9.75. The zero-order valence-corrected chi connectivity index (χ0v) is 21.0. The molecule has 1 heterocycles. The number of rotatable bonds is 7. The molecule has 8 heteroatoms. The Morgan fingerprint density at radius 3 is 2.52 bits per heavy atom. The lowest BCUT2D eigenvalue weighted by Crippen LogP contribution is -2.49. The average molecular weight is 480 g/mol. The molecule has 2 amide bonds. The Labute approximate surface area is 202 Å². The summed E-state index contributed by atoms with van der Waals surface area (Å²) in [7, 11) is 1.77. The number of ether oxygens (including phenoxy) is 1. The molecule has 1 saturated heterocycles. The molecule has 186 valence electrons. The fourth-order valence-electron chi connectivity index (χ4n) is 6.61. The number of methoxy groups -OCH3 is 1. The lowest BCUT2D eigenvalue weighted by Gasteiger charge is -2.33. The van der Waals surface area contributed by atoms with Crippen LogP contribution in [0.1, 0.15) is 84.0 Å². The second kappa shape index (κ2) is 11.5. The molecule has 4 aliphatic rings. The van der Waals surface area contributed by atoms with Gasteiger partial charge in [0.05, 0.1) is 23.4 Å². The average Bonchev–Trinajstić information content (AvgIpc) is 3.16. The molecule has 7 unspecified atom stereocenters.